The first-order valence-corrected chi connectivity index (χ1v) is 9.33. The molecule has 0 aromatic carbocycles. The number of carboxylic acids is 1. The van der Waals surface area contributed by atoms with Gasteiger partial charge in [0.25, 0.3) is 0 Å². The zero-order valence-electron chi connectivity index (χ0n) is 15.9. The van der Waals surface area contributed by atoms with E-state index in [1.165, 1.54) is 0 Å². The summed E-state index contributed by atoms with van der Waals surface area (Å²) in [5.74, 6) is -0.745. The number of hydrogen-bond acceptors (Lipinski definition) is 3. The van der Waals surface area contributed by atoms with Gasteiger partial charge in [-0.1, -0.05) is 6.92 Å². The van der Waals surface area contributed by atoms with Gasteiger partial charge in [0.05, 0.1) is 22.8 Å². The fourth-order valence-electron chi connectivity index (χ4n) is 2.94. The summed E-state index contributed by atoms with van der Waals surface area (Å²) in [6.07, 6.45) is 8.27. The number of carboxylic acid groups (broad SMARTS) is 1. The maximum absolute atomic E-state index is 9.37. The van der Waals surface area contributed by atoms with E-state index >= 15 is 0 Å². The van der Waals surface area contributed by atoms with E-state index in [1.807, 2.05) is 42.5 Å². The molecule has 0 unspecified atom stereocenters. The minimum atomic E-state index is -0.745. The maximum atomic E-state index is 9.37. The number of nitrogens with one attached hydrogen (secondary N) is 2. The Labute approximate surface area is 167 Å². The van der Waals surface area contributed by atoms with Crippen molar-refractivity contribution in [3.05, 3.63) is 71.3 Å². The first-order valence-electron chi connectivity index (χ1n) is 9.33. The molecule has 0 amide bonds. The highest BCUT2D eigenvalue weighted by molar-refractivity contribution is 5.77. The predicted molar refractivity (Wildman–Crippen MR) is 117 cm³/mol. The summed E-state index contributed by atoms with van der Waals surface area (Å²) in [6.45, 7) is 1.60. The fourth-order valence-corrected chi connectivity index (χ4v) is 2.94. The smallest absolute Gasteiger partial charge is 0.303 e. The van der Waals surface area contributed by atoms with Crippen molar-refractivity contribution in [2.75, 3.05) is 0 Å². The Kier molecular flexibility index (Phi) is 5.07. The van der Waals surface area contributed by atoms with Crippen molar-refractivity contribution in [3.8, 4) is 0 Å². The van der Waals surface area contributed by atoms with Gasteiger partial charge in [-0.05, 0) is 72.8 Å². The Bertz CT molecular complexity index is 1190. The summed E-state index contributed by atoms with van der Waals surface area (Å²) >= 11 is 0. The second-order valence-corrected chi connectivity index (χ2v) is 6.65. The van der Waals surface area contributed by atoms with E-state index in [9.17, 15) is 4.79 Å². The molecule has 2 aliphatic heterocycles. The Morgan fingerprint density at radius 2 is 1.07 bits per heavy atom. The van der Waals surface area contributed by atoms with Gasteiger partial charge in [0.1, 0.15) is 0 Å². The van der Waals surface area contributed by atoms with E-state index in [1.54, 1.807) is 6.92 Å². The third-order valence-corrected chi connectivity index (χ3v) is 4.34. The average Bonchev–Trinajstić information content (AvgIpc) is 3.47. The van der Waals surface area contributed by atoms with Crippen LogP contribution in [0.4, 0.5) is 0 Å². The molecular weight excluding hydrogens is 364 g/mol. The SMILES string of the molecule is C1=Cc2cc3ccc(cc4ccc(cc5nc(cc1n2)C=C5)[nH]4)[nH]3.CCC(=O)O. The van der Waals surface area contributed by atoms with E-state index in [2.05, 4.69) is 50.3 Å². The quantitative estimate of drug-likeness (QED) is 0.373. The number of H-pyrrole nitrogens is 2. The normalized spacial score (nSPS) is 11.8. The Morgan fingerprint density at radius 1 is 0.724 bits per heavy atom. The molecule has 3 aromatic rings. The number of rotatable bonds is 1. The lowest BCUT2D eigenvalue weighted by atomic mass is 10.3. The van der Waals surface area contributed by atoms with Crippen LogP contribution in [0.2, 0.25) is 0 Å². The van der Waals surface area contributed by atoms with Crippen LogP contribution >= 0.6 is 0 Å². The summed E-state index contributed by atoms with van der Waals surface area (Å²) in [6, 6.07) is 16.4. The van der Waals surface area contributed by atoms with Crippen LogP contribution in [0.1, 0.15) is 36.1 Å². The zero-order chi connectivity index (χ0) is 20.2. The minimum Gasteiger partial charge on any atom is -0.481 e. The van der Waals surface area contributed by atoms with Crippen LogP contribution in [0.5, 0.6) is 0 Å². The summed E-state index contributed by atoms with van der Waals surface area (Å²) < 4.78 is 0. The highest BCUT2D eigenvalue weighted by atomic mass is 16.4. The third kappa shape index (κ3) is 4.68. The molecule has 0 spiro atoms. The lowest BCUT2D eigenvalue weighted by molar-refractivity contribution is -0.136. The van der Waals surface area contributed by atoms with Crippen LogP contribution in [-0.2, 0) is 4.79 Å². The number of hydrogen-bond donors (Lipinski definition) is 3. The van der Waals surface area contributed by atoms with Gasteiger partial charge in [0.15, 0.2) is 0 Å². The van der Waals surface area contributed by atoms with Gasteiger partial charge < -0.3 is 15.1 Å². The molecule has 5 heterocycles. The molecule has 3 N–H and O–H groups in total. The molecule has 144 valence electrons. The van der Waals surface area contributed by atoms with Gasteiger partial charge in [-0.15, -0.1) is 0 Å². The van der Waals surface area contributed by atoms with Crippen molar-refractivity contribution in [1.82, 2.24) is 19.9 Å². The highest BCUT2D eigenvalue weighted by Gasteiger charge is 2.02. The van der Waals surface area contributed by atoms with Gasteiger partial charge in [-0.3, -0.25) is 4.79 Å². The standard InChI is InChI=1S/C20H14N4.C3H6O2/c1-2-14-10-16-5-6-18(23-16)12-20-8-7-19(24-20)11-17-4-3-15(22-17)9-13(1)21-14;1-2-3(4)5/h1-12,21-22H;2H2,1H3,(H,4,5). The van der Waals surface area contributed by atoms with Crippen molar-refractivity contribution >= 4 is 52.3 Å². The molecule has 0 aliphatic carbocycles. The summed E-state index contributed by atoms with van der Waals surface area (Å²) in [7, 11) is 0. The molecule has 6 nitrogen and oxygen atoms in total. The van der Waals surface area contributed by atoms with Gasteiger partial charge in [0, 0.05) is 28.5 Å². The van der Waals surface area contributed by atoms with Gasteiger partial charge in [-0.25, -0.2) is 9.97 Å². The van der Waals surface area contributed by atoms with Crippen molar-refractivity contribution in [1.29, 1.82) is 0 Å². The molecule has 29 heavy (non-hydrogen) atoms. The number of aromatic nitrogens is 4. The molecular formula is C23H20N4O2. The molecule has 3 aromatic heterocycles. The fraction of sp³-hybridized carbons (Fsp3) is 0.0870. The zero-order valence-corrected chi connectivity index (χ0v) is 15.9. The summed E-state index contributed by atoms with van der Waals surface area (Å²) in [5.41, 5.74) is 7.86. The minimum absolute atomic E-state index is 0.222. The highest BCUT2D eigenvalue weighted by Crippen LogP contribution is 2.17. The summed E-state index contributed by atoms with van der Waals surface area (Å²) in [5, 5.41) is 7.72. The second kappa shape index (κ2) is 7.98. The molecule has 0 radical (unpaired) electrons. The van der Waals surface area contributed by atoms with E-state index in [4.69, 9.17) is 5.11 Å². The van der Waals surface area contributed by atoms with E-state index in [0.29, 0.717) is 0 Å². The van der Waals surface area contributed by atoms with Crippen molar-refractivity contribution < 1.29 is 9.90 Å². The van der Waals surface area contributed by atoms with Crippen LogP contribution < -0.4 is 0 Å². The van der Waals surface area contributed by atoms with Crippen molar-refractivity contribution in [2.45, 2.75) is 13.3 Å². The maximum Gasteiger partial charge on any atom is 0.303 e. The average molecular weight is 384 g/mol. The first-order chi connectivity index (χ1) is 14.1. The molecule has 0 atom stereocenters. The molecule has 0 saturated heterocycles. The molecule has 6 heteroatoms. The number of carbonyl (C=O) groups is 1. The van der Waals surface area contributed by atoms with Crippen LogP contribution in [0.15, 0.2) is 48.5 Å². The van der Waals surface area contributed by atoms with Crippen LogP contribution in [-0.4, -0.2) is 31.0 Å². The first kappa shape index (κ1) is 18.4. The summed E-state index contributed by atoms with van der Waals surface area (Å²) in [4.78, 5) is 25.4. The van der Waals surface area contributed by atoms with E-state index in [0.717, 1.165) is 44.8 Å². The van der Waals surface area contributed by atoms with Crippen LogP contribution in [0, 0.1) is 0 Å². The van der Waals surface area contributed by atoms with Crippen LogP contribution in [0.25, 0.3) is 46.4 Å². The largest absolute Gasteiger partial charge is 0.481 e. The Morgan fingerprint density at radius 3 is 1.45 bits per heavy atom. The molecule has 8 bridgehead atoms. The number of aromatic amines is 2. The van der Waals surface area contributed by atoms with Crippen molar-refractivity contribution in [3.63, 3.8) is 0 Å². The number of aliphatic carboxylic acids is 1. The van der Waals surface area contributed by atoms with E-state index in [-0.39, 0.29) is 6.42 Å². The number of fused-ring (bicyclic) bond motifs is 8. The Hall–Kier alpha value is -3.93. The lowest BCUT2D eigenvalue weighted by Gasteiger charge is -1.86. The lowest BCUT2D eigenvalue weighted by Crippen LogP contribution is -1.86. The molecule has 0 saturated carbocycles. The monoisotopic (exact) mass is 384 g/mol. The van der Waals surface area contributed by atoms with Gasteiger partial charge in [0.2, 0.25) is 0 Å². The molecule has 5 rings (SSSR count). The van der Waals surface area contributed by atoms with Crippen molar-refractivity contribution in [2.24, 2.45) is 0 Å². The Balaban J connectivity index is 0.000000369. The van der Waals surface area contributed by atoms with Crippen LogP contribution in [0.3, 0.4) is 0 Å². The third-order valence-electron chi connectivity index (χ3n) is 4.34. The van der Waals surface area contributed by atoms with Gasteiger partial charge in [-0.2, -0.15) is 0 Å². The molecule has 2 aliphatic rings. The number of nitrogens with zero attached hydrogens (tertiary/aromatic N) is 2. The predicted octanol–water partition coefficient (Wildman–Crippen LogP) is 5.14. The second-order valence-electron chi connectivity index (χ2n) is 6.65. The molecule has 0 fully saturated rings. The topological polar surface area (TPSA) is 94.7 Å². The van der Waals surface area contributed by atoms with Gasteiger partial charge >= 0.3 is 5.97 Å². The van der Waals surface area contributed by atoms with E-state index < -0.39 is 5.97 Å².